The van der Waals surface area contributed by atoms with Gasteiger partial charge in [-0.25, -0.2) is 14.8 Å². The molecule has 1 aromatic carbocycles. The summed E-state index contributed by atoms with van der Waals surface area (Å²) in [5.74, 6) is 0.975. The van der Waals surface area contributed by atoms with Gasteiger partial charge in [-0.05, 0) is 39.8 Å². The fourth-order valence-electron chi connectivity index (χ4n) is 3.59. The molecule has 2 aromatic heterocycles. The smallest absolute Gasteiger partial charge is 0.343 e. The van der Waals surface area contributed by atoms with Crippen LogP contribution in [-0.4, -0.2) is 63.2 Å². The number of carbonyl (C=O) groups excluding carboxylic acids is 1. The molecule has 0 saturated carbocycles. The SMILES string of the molecule is CCN=C(C)C(CNc1ncc(C(=O)OCC)c(Nc2cccc(-c3ncn(C)n3)c2OC)n1)=C(C)N. The van der Waals surface area contributed by atoms with Crippen LogP contribution in [0.1, 0.15) is 38.1 Å². The Morgan fingerprint density at radius 2 is 2.00 bits per heavy atom. The standard InChI is InChI=1S/C25H33N9O3/c1-7-27-16(4)18(15(3)26)12-28-25-29-13-19(24(35)37-8-2)23(32-25)31-20-11-9-10-17(21(20)36-6)22-30-14-34(5)33-22/h9-11,13-14H,7-8,12,26H2,1-6H3,(H2,28,29,31,32). The molecule has 12 nitrogen and oxygen atoms in total. The summed E-state index contributed by atoms with van der Waals surface area (Å²) in [5, 5.41) is 10.7. The number of rotatable bonds is 11. The summed E-state index contributed by atoms with van der Waals surface area (Å²) in [6.07, 6.45) is 3.02. The van der Waals surface area contributed by atoms with E-state index in [9.17, 15) is 4.79 Å². The highest BCUT2D eigenvalue weighted by Gasteiger charge is 2.20. The molecular weight excluding hydrogens is 474 g/mol. The first-order chi connectivity index (χ1) is 17.8. The molecule has 0 bridgehead atoms. The van der Waals surface area contributed by atoms with Crippen LogP contribution < -0.4 is 21.1 Å². The number of nitrogens with two attached hydrogens (primary N) is 1. The highest BCUT2D eigenvalue weighted by atomic mass is 16.5. The van der Waals surface area contributed by atoms with Crippen molar-refractivity contribution in [2.75, 3.05) is 37.4 Å². The second-order valence-electron chi connectivity index (χ2n) is 8.00. The predicted octanol–water partition coefficient (Wildman–Crippen LogP) is 3.33. The maximum atomic E-state index is 12.7. The Morgan fingerprint density at radius 3 is 2.62 bits per heavy atom. The number of allylic oxidation sites excluding steroid dienone is 1. The van der Waals surface area contributed by atoms with Crippen molar-refractivity contribution in [1.29, 1.82) is 0 Å². The first kappa shape index (κ1) is 27.1. The van der Waals surface area contributed by atoms with Gasteiger partial charge in [-0.1, -0.05) is 6.07 Å². The summed E-state index contributed by atoms with van der Waals surface area (Å²) in [4.78, 5) is 30.3. The van der Waals surface area contributed by atoms with E-state index in [2.05, 4.69) is 35.7 Å². The number of ether oxygens (including phenoxy) is 2. The lowest BCUT2D eigenvalue weighted by Gasteiger charge is -2.16. The number of hydrogen-bond donors (Lipinski definition) is 3. The molecule has 0 atom stereocenters. The van der Waals surface area contributed by atoms with Crippen molar-refractivity contribution in [3.63, 3.8) is 0 Å². The van der Waals surface area contributed by atoms with Gasteiger partial charge >= 0.3 is 5.97 Å². The molecule has 196 valence electrons. The predicted molar refractivity (Wildman–Crippen MR) is 143 cm³/mol. The molecule has 0 radical (unpaired) electrons. The molecule has 4 N–H and O–H groups in total. The number of para-hydroxylation sites is 1. The summed E-state index contributed by atoms with van der Waals surface area (Å²) >= 11 is 0. The molecule has 0 aliphatic rings. The number of aliphatic imine (C=N–C) groups is 1. The average molecular weight is 508 g/mol. The van der Waals surface area contributed by atoms with Gasteiger partial charge in [0.25, 0.3) is 0 Å². The molecule has 0 fully saturated rings. The summed E-state index contributed by atoms with van der Waals surface area (Å²) in [6, 6.07) is 5.48. The molecule has 0 saturated heterocycles. The summed E-state index contributed by atoms with van der Waals surface area (Å²) in [6.45, 7) is 8.64. The number of benzene rings is 1. The van der Waals surface area contributed by atoms with Gasteiger partial charge in [0.2, 0.25) is 5.95 Å². The van der Waals surface area contributed by atoms with E-state index in [1.54, 1.807) is 38.2 Å². The lowest BCUT2D eigenvalue weighted by Crippen LogP contribution is -2.18. The van der Waals surface area contributed by atoms with E-state index >= 15 is 0 Å². The number of nitrogens with zero attached hydrogens (tertiary/aromatic N) is 6. The van der Waals surface area contributed by atoms with E-state index in [0.29, 0.717) is 47.6 Å². The Bertz CT molecular complexity index is 1310. The maximum absolute atomic E-state index is 12.7. The lowest BCUT2D eigenvalue weighted by atomic mass is 10.1. The van der Waals surface area contributed by atoms with E-state index in [4.69, 9.17) is 15.2 Å². The van der Waals surface area contributed by atoms with Crippen LogP contribution in [0.2, 0.25) is 0 Å². The largest absolute Gasteiger partial charge is 0.494 e. The van der Waals surface area contributed by atoms with Crippen molar-refractivity contribution in [2.45, 2.75) is 27.7 Å². The number of carbonyl (C=O) groups is 1. The minimum absolute atomic E-state index is 0.172. The van der Waals surface area contributed by atoms with Gasteiger partial charge in [0.05, 0.1) is 25.0 Å². The van der Waals surface area contributed by atoms with Gasteiger partial charge in [0, 0.05) is 43.3 Å². The van der Waals surface area contributed by atoms with Crippen molar-refractivity contribution < 1.29 is 14.3 Å². The second kappa shape index (κ2) is 12.5. The van der Waals surface area contributed by atoms with Gasteiger partial charge < -0.3 is 25.8 Å². The van der Waals surface area contributed by atoms with Crippen LogP contribution in [0.15, 0.2) is 47.0 Å². The van der Waals surface area contributed by atoms with Gasteiger partial charge in [0.1, 0.15) is 11.9 Å². The molecule has 12 heteroatoms. The normalized spacial score (nSPS) is 12.1. The van der Waals surface area contributed by atoms with Crippen LogP contribution in [0.4, 0.5) is 17.5 Å². The number of anilines is 3. The number of aromatic nitrogens is 5. The van der Waals surface area contributed by atoms with Crippen LogP contribution in [0.25, 0.3) is 11.4 Å². The number of hydrogen-bond acceptors (Lipinski definition) is 11. The minimum atomic E-state index is -0.553. The molecular formula is C25H33N9O3. The third-order valence-electron chi connectivity index (χ3n) is 5.33. The number of nitrogens with one attached hydrogen (secondary N) is 2. The zero-order valence-electron chi connectivity index (χ0n) is 22.0. The van der Waals surface area contributed by atoms with Gasteiger partial charge in [-0.2, -0.15) is 10.1 Å². The summed E-state index contributed by atoms with van der Waals surface area (Å²) in [7, 11) is 3.34. The van der Waals surface area contributed by atoms with Crippen LogP contribution in [0, 0.1) is 0 Å². The van der Waals surface area contributed by atoms with Gasteiger partial charge in [-0.3, -0.25) is 9.67 Å². The van der Waals surface area contributed by atoms with E-state index in [1.807, 2.05) is 32.9 Å². The molecule has 0 amide bonds. The molecule has 3 rings (SSSR count). The van der Waals surface area contributed by atoms with E-state index in [-0.39, 0.29) is 18.0 Å². The Kier molecular flexibility index (Phi) is 9.14. The highest BCUT2D eigenvalue weighted by molar-refractivity contribution is 5.99. The first-order valence-electron chi connectivity index (χ1n) is 11.8. The Morgan fingerprint density at radius 1 is 1.22 bits per heavy atom. The van der Waals surface area contributed by atoms with E-state index in [0.717, 1.165) is 11.3 Å². The Labute approximate surface area is 216 Å². The zero-order chi connectivity index (χ0) is 26.9. The number of aryl methyl sites for hydroxylation is 1. The van der Waals surface area contributed by atoms with Crippen LogP contribution in [-0.2, 0) is 11.8 Å². The van der Waals surface area contributed by atoms with Crippen LogP contribution in [0.5, 0.6) is 5.75 Å². The first-order valence-corrected chi connectivity index (χ1v) is 11.8. The second-order valence-corrected chi connectivity index (χ2v) is 8.00. The molecule has 0 aliphatic heterocycles. The summed E-state index contributed by atoms with van der Waals surface area (Å²) < 4.78 is 12.5. The number of esters is 1. The fraction of sp³-hybridized carbons (Fsp3) is 0.360. The molecule has 2 heterocycles. The minimum Gasteiger partial charge on any atom is -0.494 e. The maximum Gasteiger partial charge on any atom is 0.343 e. The van der Waals surface area contributed by atoms with E-state index in [1.165, 1.54) is 6.20 Å². The third-order valence-corrected chi connectivity index (χ3v) is 5.33. The van der Waals surface area contributed by atoms with Crippen molar-refractivity contribution in [1.82, 2.24) is 24.7 Å². The highest BCUT2D eigenvalue weighted by Crippen LogP contribution is 2.36. The van der Waals surface area contributed by atoms with Crippen molar-refractivity contribution in [3.8, 4) is 17.1 Å². The number of methoxy groups -OCH3 is 1. The molecule has 0 aliphatic carbocycles. The van der Waals surface area contributed by atoms with E-state index < -0.39 is 5.97 Å². The van der Waals surface area contributed by atoms with Crippen molar-refractivity contribution >= 4 is 29.1 Å². The zero-order valence-corrected chi connectivity index (χ0v) is 22.0. The topological polar surface area (TPSA) is 154 Å². The molecule has 37 heavy (non-hydrogen) atoms. The average Bonchev–Trinajstić information content (AvgIpc) is 3.30. The van der Waals surface area contributed by atoms with Crippen molar-refractivity contribution in [3.05, 3.63) is 47.6 Å². The third kappa shape index (κ3) is 6.60. The molecule has 0 unspecified atom stereocenters. The fourth-order valence-corrected chi connectivity index (χ4v) is 3.59. The lowest BCUT2D eigenvalue weighted by molar-refractivity contribution is 0.0526. The summed E-state index contributed by atoms with van der Waals surface area (Å²) in [5.41, 5.74) is 9.82. The Balaban J connectivity index is 1.99. The van der Waals surface area contributed by atoms with Crippen molar-refractivity contribution in [2.24, 2.45) is 17.8 Å². The monoisotopic (exact) mass is 507 g/mol. The molecule has 3 aromatic rings. The van der Waals surface area contributed by atoms with Crippen LogP contribution >= 0.6 is 0 Å². The van der Waals surface area contributed by atoms with Gasteiger partial charge in [-0.15, -0.1) is 0 Å². The Hall–Kier alpha value is -4.48. The molecule has 0 spiro atoms. The van der Waals surface area contributed by atoms with Crippen LogP contribution in [0.3, 0.4) is 0 Å². The quantitative estimate of drug-likeness (QED) is 0.260. The van der Waals surface area contributed by atoms with Gasteiger partial charge in [0.15, 0.2) is 17.4 Å².